The summed E-state index contributed by atoms with van der Waals surface area (Å²) in [5.74, 6) is -0.417. The SMILES string of the molecule is CCOc1ccc(-c2noc(C(=O)O)c2CC)cc1. The Morgan fingerprint density at radius 2 is 2.00 bits per heavy atom. The van der Waals surface area contributed by atoms with Gasteiger partial charge in [0.25, 0.3) is 0 Å². The van der Waals surface area contributed by atoms with Crippen LogP contribution in [0.15, 0.2) is 28.8 Å². The van der Waals surface area contributed by atoms with E-state index in [4.69, 9.17) is 14.4 Å². The zero-order valence-corrected chi connectivity index (χ0v) is 10.8. The molecule has 1 N–H and O–H groups in total. The van der Waals surface area contributed by atoms with Crippen molar-refractivity contribution in [3.05, 3.63) is 35.6 Å². The zero-order chi connectivity index (χ0) is 13.8. The molecule has 2 aromatic rings. The molecule has 0 aliphatic heterocycles. The molecule has 0 saturated heterocycles. The number of carboxylic acid groups (broad SMARTS) is 1. The van der Waals surface area contributed by atoms with E-state index in [-0.39, 0.29) is 5.76 Å². The van der Waals surface area contributed by atoms with Crippen molar-refractivity contribution in [3.63, 3.8) is 0 Å². The minimum Gasteiger partial charge on any atom is -0.494 e. The number of rotatable bonds is 5. The molecule has 1 aromatic heterocycles. The fourth-order valence-electron chi connectivity index (χ4n) is 1.91. The number of ether oxygens (including phenoxy) is 1. The Balaban J connectivity index is 2.38. The summed E-state index contributed by atoms with van der Waals surface area (Å²) < 4.78 is 10.3. The largest absolute Gasteiger partial charge is 0.494 e. The van der Waals surface area contributed by atoms with Gasteiger partial charge in [-0.3, -0.25) is 0 Å². The van der Waals surface area contributed by atoms with Crippen molar-refractivity contribution in [1.82, 2.24) is 5.16 Å². The van der Waals surface area contributed by atoms with E-state index in [2.05, 4.69) is 5.16 Å². The number of nitrogens with zero attached hydrogens (tertiary/aromatic N) is 1. The van der Waals surface area contributed by atoms with E-state index < -0.39 is 5.97 Å². The topological polar surface area (TPSA) is 72.6 Å². The average molecular weight is 261 g/mol. The van der Waals surface area contributed by atoms with Crippen molar-refractivity contribution in [3.8, 4) is 17.0 Å². The molecule has 0 radical (unpaired) electrons. The van der Waals surface area contributed by atoms with Gasteiger partial charge in [-0.25, -0.2) is 4.79 Å². The number of carbonyl (C=O) groups is 1. The normalized spacial score (nSPS) is 10.4. The molecule has 2 rings (SSSR count). The predicted molar refractivity (Wildman–Crippen MR) is 69.4 cm³/mol. The van der Waals surface area contributed by atoms with Gasteiger partial charge in [0, 0.05) is 11.1 Å². The van der Waals surface area contributed by atoms with Crippen molar-refractivity contribution in [2.24, 2.45) is 0 Å². The van der Waals surface area contributed by atoms with Crippen LogP contribution >= 0.6 is 0 Å². The van der Waals surface area contributed by atoms with Crippen LogP contribution in [0.4, 0.5) is 0 Å². The first-order valence-corrected chi connectivity index (χ1v) is 6.12. The second-order valence-electron chi connectivity index (χ2n) is 3.95. The highest BCUT2D eigenvalue weighted by Gasteiger charge is 2.21. The van der Waals surface area contributed by atoms with Gasteiger partial charge in [0.05, 0.1) is 6.61 Å². The number of aromatic nitrogens is 1. The molecular formula is C14H15NO4. The fraction of sp³-hybridized carbons (Fsp3) is 0.286. The van der Waals surface area contributed by atoms with E-state index in [1.54, 1.807) is 0 Å². The molecule has 0 atom stereocenters. The summed E-state index contributed by atoms with van der Waals surface area (Å²) in [7, 11) is 0. The van der Waals surface area contributed by atoms with Gasteiger partial charge in [-0.2, -0.15) is 0 Å². The fourth-order valence-corrected chi connectivity index (χ4v) is 1.91. The Bertz CT molecular complexity index is 572. The van der Waals surface area contributed by atoms with Crippen molar-refractivity contribution in [1.29, 1.82) is 0 Å². The summed E-state index contributed by atoms with van der Waals surface area (Å²) in [5.41, 5.74) is 2.00. The monoisotopic (exact) mass is 261 g/mol. The van der Waals surface area contributed by atoms with E-state index in [0.29, 0.717) is 24.3 Å². The first-order chi connectivity index (χ1) is 9.17. The average Bonchev–Trinajstić information content (AvgIpc) is 2.84. The van der Waals surface area contributed by atoms with Crippen LogP contribution in [0, 0.1) is 0 Å². The van der Waals surface area contributed by atoms with Crippen molar-refractivity contribution < 1.29 is 19.2 Å². The molecule has 5 heteroatoms. The van der Waals surface area contributed by atoms with E-state index in [0.717, 1.165) is 11.3 Å². The standard InChI is InChI=1S/C14H15NO4/c1-3-11-12(15-19-13(11)14(16)17)9-5-7-10(8-6-9)18-4-2/h5-8H,3-4H2,1-2H3,(H,16,17). The summed E-state index contributed by atoms with van der Waals surface area (Å²) in [6.45, 7) is 4.39. The highest BCUT2D eigenvalue weighted by atomic mass is 16.5. The molecule has 100 valence electrons. The van der Waals surface area contributed by atoms with Crippen molar-refractivity contribution >= 4 is 5.97 Å². The number of benzene rings is 1. The van der Waals surface area contributed by atoms with Crippen LogP contribution in [0.25, 0.3) is 11.3 Å². The van der Waals surface area contributed by atoms with Crippen LogP contribution in [-0.4, -0.2) is 22.8 Å². The minimum absolute atomic E-state index is 0.0913. The summed E-state index contributed by atoms with van der Waals surface area (Å²) in [5, 5.41) is 12.9. The highest BCUT2D eigenvalue weighted by Crippen LogP contribution is 2.27. The smallest absolute Gasteiger partial charge is 0.375 e. The van der Waals surface area contributed by atoms with E-state index in [9.17, 15) is 4.79 Å². The van der Waals surface area contributed by atoms with Gasteiger partial charge in [0.1, 0.15) is 11.4 Å². The summed E-state index contributed by atoms with van der Waals surface area (Å²) in [6, 6.07) is 7.34. The van der Waals surface area contributed by atoms with Gasteiger partial charge < -0.3 is 14.4 Å². The lowest BCUT2D eigenvalue weighted by Crippen LogP contribution is -1.98. The van der Waals surface area contributed by atoms with Crippen LogP contribution in [0.5, 0.6) is 5.75 Å². The number of hydrogen-bond donors (Lipinski definition) is 1. The molecule has 5 nitrogen and oxygen atoms in total. The second-order valence-corrected chi connectivity index (χ2v) is 3.95. The van der Waals surface area contributed by atoms with E-state index >= 15 is 0 Å². The molecule has 0 amide bonds. The summed E-state index contributed by atoms with van der Waals surface area (Å²) in [6.07, 6.45) is 0.549. The first kappa shape index (κ1) is 13.1. The Hall–Kier alpha value is -2.30. The molecule has 0 fully saturated rings. The van der Waals surface area contributed by atoms with Crippen molar-refractivity contribution in [2.45, 2.75) is 20.3 Å². The number of aromatic carboxylic acids is 1. The van der Waals surface area contributed by atoms with Gasteiger partial charge in [-0.1, -0.05) is 12.1 Å². The lowest BCUT2D eigenvalue weighted by Gasteiger charge is -2.04. The quantitative estimate of drug-likeness (QED) is 0.895. The molecule has 1 heterocycles. The highest BCUT2D eigenvalue weighted by molar-refractivity contribution is 5.88. The molecule has 19 heavy (non-hydrogen) atoms. The number of hydrogen-bond acceptors (Lipinski definition) is 4. The van der Waals surface area contributed by atoms with Crippen LogP contribution in [0.3, 0.4) is 0 Å². The lowest BCUT2D eigenvalue weighted by molar-refractivity contribution is 0.0650. The first-order valence-electron chi connectivity index (χ1n) is 6.12. The third kappa shape index (κ3) is 2.59. The molecular weight excluding hydrogens is 246 g/mol. The molecule has 1 aromatic carbocycles. The maximum atomic E-state index is 11.0. The Labute approximate surface area is 110 Å². The second kappa shape index (κ2) is 5.56. The summed E-state index contributed by atoms with van der Waals surface area (Å²) in [4.78, 5) is 11.0. The molecule has 0 aliphatic carbocycles. The molecule has 0 aliphatic rings. The third-order valence-corrected chi connectivity index (χ3v) is 2.77. The van der Waals surface area contributed by atoms with Gasteiger partial charge in [0.15, 0.2) is 0 Å². The van der Waals surface area contributed by atoms with E-state index in [1.165, 1.54) is 0 Å². The lowest BCUT2D eigenvalue weighted by atomic mass is 10.0. The molecule has 0 bridgehead atoms. The van der Waals surface area contributed by atoms with Gasteiger partial charge in [0.2, 0.25) is 5.76 Å². The Kier molecular flexibility index (Phi) is 3.85. The van der Waals surface area contributed by atoms with Gasteiger partial charge >= 0.3 is 5.97 Å². The Morgan fingerprint density at radius 3 is 2.53 bits per heavy atom. The van der Waals surface area contributed by atoms with Gasteiger partial charge in [-0.15, -0.1) is 0 Å². The van der Waals surface area contributed by atoms with Crippen LogP contribution in [0.1, 0.15) is 30.0 Å². The van der Waals surface area contributed by atoms with Crippen LogP contribution in [-0.2, 0) is 6.42 Å². The van der Waals surface area contributed by atoms with Crippen LogP contribution < -0.4 is 4.74 Å². The van der Waals surface area contributed by atoms with Crippen molar-refractivity contribution in [2.75, 3.05) is 6.61 Å². The van der Waals surface area contributed by atoms with E-state index in [1.807, 2.05) is 38.1 Å². The molecule has 0 spiro atoms. The minimum atomic E-state index is -1.10. The molecule has 0 unspecified atom stereocenters. The predicted octanol–water partition coefficient (Wildman–Crippen LogP) is 3.00. The number of carboxylic acids is 1. The van der Waals surface area contributed by atoms with Crippen LogP contribution in [0.2, 0.25) is 0 Å². The van der Waals surface area contributed by atoms with Gasteiger partial charge in [-0.05, 0) is 37.6 Å². The maximum absolute atomic E-state index is 11.0. The summed E-state index contributed by atoms with van der Waals surface area (Å²) >= 11 is 0. The maximum Gasteiger partial charge on any atom is 0.375 e. The zero-order valence-electron chi connectivity index (χ0n) is 10.8. The third-order valence-electron chi connectivity index (χ3n) is 2.77. The Morgan fingerprint density at radius 1 is 1.32 bits per heavy atom. The molecule has 0 saturated carbocycles.